The van der Waals surface area contributed by atoms with Crippen molar-refractivity contribution in [2.75, 3.05) is 25.0 Å². The number of para-hydroxylation sites is 1. The largest absolute Gasteiger partial charge is 0.390 e. The highest BCUT2D eigenvalue weighted by Gasteiger charge is 2.29. The molecule has 0 spiro atoms. The number of aliphatic hydroxyl groups excluding tert-OH is 1. The second-order valence-electron chi connectivity index (χ2n) is 5.71. The van der Waals surface area contributed by atoms with E-state index in [9.17, 15) is 9.90 Å². The minimum absolute atomic E-state index is 0.0471. The third-order valence-electron chi connectivity index (χ3n) is 3.86. The van der Waals surface area contributed by atoms with Crippen LogP contribution in [0.4, 0.5) is 10.5 Å². The molecule has 2 aliphatic rings. The van der Waals surface area contributed by atoms with Crippen LogP contribution in [0, 0.1) is 0 Å². The smallest absolute Gasteiger partial charge is 0.324 e. The zero-order valence-electron chi connectivity index (χ0n) is 11.7. The van der Waals surface area contributed by atoms with Crippen molar-refractivity contribution in [2.24, 2.45) is 0 Å². The zero-order chi connectivity index (χ0) is 14.1. The number of hydrogen-bond acceptors (Lipinski definition) is 3. The molecular weight excluding hydrogens is 254 g/mol. The fourth-order valence-corrected chi connectivity index (χ4v) is 2.58. The van der Waals surface area contributed by atoms with Crippen LogP contribution in [0.5, 0.6) is 0 Å². The van der Waals surface area contributed by atoms with Crippen molar-refractivity contribution < 1.29 is 9.90 Å². The van der Waals surface area contributed by atoms with Gasteiger partial charge in [-0.25, -0.2) is 4.79 Å². The van der Waals surface area contributed by atoms with Crippen molar-refractivity contribution in [2.45, 2.75) is 31.5 Å². The van der Waals surface area contributed by atoms with E-state index in [1.807, 2.05) is 24.3 Å². The summed E-state index contributed by atoms with van der Waals surface area (Å²) in [6.07, 6.45) is 1.85. The number of nitrogens with one attached hydrogen (secondary N) is 1. The van der Waals surface area contributed by atoms with Gasteiger partial charge in [0.1, 0.15) is 0 Å². The van der Waals surface area contributed by atoms with Gasteiger partial charge in [-0.3, -0.25) is 4.90 Å². The molecule has 5 nitrogen and oxygen atoms in total. The van der Waals surface area contributed by atoms with Crippen LogP contribution in [0.3, 0.4) is 0 Å². The molecule has 1 aromatic rings. The number of β-amino-alcohol motifs (C(OH)–C–C–N with tert-alkyl or cyclic N) is 1. The normalized spacial score (nSPS) is 20.0. The lowest BCUT2D eigenvalue weighted by molar-refractivity contribution is 0.168. The number of carbonyl (C=O) groups is 1. The molecule has 0 radical (unpaired) electrons. The lowest BCUT2D eigenvalue weighted by Crippen LogP contribution is -2.49. The van der Waals surface area contributed by atoms with E-state index in [4.69, 9.17) is 0 Å². The van der Waals surface area contributed by atoms with Crippen LogP contribution in [0.1, 0.15) is 18.4 Å². The maximum absolute atomic E-state index is 12.3. The molecule has 0 bridgehead atoms. The van der Waals surface area contributed by atoms with Gasteiger partial charge in [0, 0.05) is 26.2 Å². The molecule has 108 valence electrons. The van der Waals surface area contributed by atoms with Gasteiger partial charge in [-0.05, 0) is 24.5 Å². The van der Waals surface area contributed by atoms with E-state index in [0.29, 0.717) is 25.7 Å². The van der Waals surface area contributed by atoms with E-state index >= 15 is 0 Å². The Labute approximate surface area is 119 Å². The molecule has 2 N–H and O–H groups in total. The standard InChI is InChI=1S/C15H21N3O2/c1-17-9-11-4-2-3-5-14(11)18(15(17)20)10-13(19)8-16-12-6-7-12/h2-5,12-13,16,19H,6-10H2,1H3. The van der Waals surface area contributed by atoms with Gasteiger partial charge >= 0.3 is 6.03 Å². The molecule has 3 rings (SSSR count). The Hall–Kier alpha value is -1.59. The van der Waals surface area contributed by atoms with Gasteiger partial charge in [0.05, 0.1) is 18.3 Å². The fourth-order valence-electron chi connectivity index (χ4n) is 2.58. The highest BCUT2D eigenvalue weighted by Crippen LogP contribution is 2.27. The zero-order valence-corrected chi connectivity index (χ0v) is 11.7. The van der Waals surface area contributed by atoms with Crippen molar-refractivity contribution in [1.29, 1.82) is 0 Å². The molecule has 1 aliphatic carbocycles. The lowest BCUT2D eigenvalue weighted by Gasteiger charge is -2.36. The average molecular weight is 275 g/mol. The Morgan fingerprint density at radius 1 is 1.40 bits per heavy atom. The summed E-state index contributed by atoms with van der Waals surface area (Å²) in [7, 11) is 1.79. The van der Waals surface area contributed by atoms with E-state index in [1.54, 1.807) is 16.8 Å². The monoisotopic (exact) mass is 275 g/mol. The highest BCUT2D eigenvalue weighted by molar-refractivity contribution is 5.94. The van der Waals surface area contributed by atoms with Gasteiger partial charge in [-0.15, -0.1) is 0 Å². The third-order valence-corrected chi connectivity index (χ3v) is 3.86. The summed E-state index contributed by atoms with van der Waals surface area (Å²) in [6.45, 7) is 1.50. The van der Waals surface area contributed by atoms with Gasteiger partial charge in [0.15, 0.2) is 0 Å². The molecule has 1 aliphatic heterocycles. The third kappa shape index (κ3) is 2.78. The Morgan fingerprint density at radius 3 is 2.90 bits per heavy atom. The van der Waals surface area contributed by atoms with Gasteiger partial charge in [-0.2, -0.15) is 0 Å². The summed E-state index contributed by atoms with van der Waals surface area (Å²) in [5, 5.41) is 13.4. The van der Waals surface area contributed by atoms with Crippen LogP contribution < -0.4 is 10.2 Å². The van der Waals surface area contributed by atoms with Crippen LogP contribution in [0.15, 0.2) is 24.3 Å². The van der Waals surface area contributed by atoms with Gasteiger partial charge in [0.25, 0.3) is 0 Å². The first kappa shape index (κ1) is 13.4. The molecule has 20 heavy (non-hydrogen) atoms. The second kappa shape index (κ2) is 5.42. The van der Waals surface area contributed by atoms with Gasteiger partial charge in [-0.1, -0.05) is 18.2 Å². The van der Waals surface area contributed by atoms with Crippen LogP contribution in [-0.2, 0) is 6.54 Å². The number of urea groups is 1. The summed E-state index contributed by atoms with van der Waals surface area (Å²) >= 11 is 0. The first-order valence-electron chi connectivity index (χ1n) is 7.17. The van der Waals surface area contributed by atoms with Crippen LogP contribution in [0.2, 0.25) is 0 Å². The first-order valence-corrected chi connectivity index (χ1v) is 7.17. The maximum Gasteiger partial charge on any atom is 0.324 e. The Bertz CT molecular complexity index is 502. The van der Waals surface area contributed by atoms with E-state index in [0.717, 1.165) is 11.3 Å². The van der Waals surface area contributed by atoms with Crippen molar-refractivity contribution >= 4 is 11.7 Å². The number of aliphatic hydroxyl groups is 1. The Balaban J connectivity index is 1.71. The van der Waals surface area contributed by atoms with Crippen LogP contribution in [0.25, 0.3) is 0 Å². The van der Waals surface area contributed by atoms with Crippen molar-refractivity contribution in [3.63, 3.8) is 0 Å². The van der Waals surface area contributed by atoms with Crippen LogP contribution >= 0.6 is 0 Å². The second-order valence-corrected chi connectivity index (χ2v) is 5.71. The molecule has 1 atom stereocenters. The molecule has 1 heterocycles. The Kier molecular flexibility index (Phi) is 3.63. The Morgan fingerprint density at radius 2 is 2.15 bits per heavy atom. The summed E-state index contributed by atoms with van der Waals surface area (Å²) in [5.74, 6) is 0. The van der Waals surface area contributed by atoms with E-state index in [1.165, 1.54) is 12.8 Å². The molecule has 1 aromatic carbocycles. The molecular formula is C15H21N3O2. The molecule has 2 amide bonds. The van der Waals surface area contributed by atoms with E-state index in [-0.39, 0.29) is 6.03 Å². The molecule has 0 saturated heterocycles. The number of anilines is 1. The SMILES string of the molecule is CN1Cc2ccccc2N(CC(O)CNC2CC2)C1=O. The fraction of sp³-hybridized carbons (Fsp3) is 0.533. The number of fused-ring (bicyclic) bond motifs is 1. The van der Waals surface area contributed by atoms with E-state index in [2.05, 4.69) is 5.32 Å². The molecule has 1 fully saturated rings. The number of rotatable bonds is 5. The number of benzene rings is 1. The summed E-state index contributed by atoms with van der Waals surface area (Å²) in [6, 6.07) is 8.40. The predicted octanol–water partition coefficient (Wildman–Crippen LogP) is 1.17. The predicted molar refractivity (Wildman–Crippen MR) is 77.7 cm³/mol. The molecule has 5 heteroatoms. The highest BCUT2D eigenvalue weighted by atomic mass is 16.3. The quantitative estimate of drug-likeness (QED) is 0.848. The molecule has 1 saturated carbocycles. The number of nitrogens with zero attached hydrogens (tertiary/aromatic N) is 2. The lowest BCUT2D eigenvalue weighted by atomic mass is 10.1. The van der Waals surface area contributed by atoms with Gasteiger partial charge < -0.3 is 15.3 Å². The number of hydrogen-bond donors (Lipinski definition) is 2. The minimum Gasteiger partial charge on any atom is -0.390 e. The maximum atomic E-state index is 12.3. The number of amides is 2. The summed E-state index contributed by atoms with van der Waals surface area (Å²) < 4.78 is 0. The number of carbonyl (C=O) groups excluding carboxylic acids is 1. The van der Waals surface area contributed by atoms with Gasteiger partial charge in [0.2, 0.25) is 0 Å². The molecule has 1 unspecified atom stereocenters. The first-order chi connectivity index (χ1) is 9.65. The van der Waals surface area contributed by atoms with Crippen molar-refractivity contribution in [3.05, 3.63) is 29.8 Å². The van der Waals surface area contributed by atoms with Crippen LogP contribution in [-0.4, -0.2) is 48.3 Å². The topological polar surface area (TPSA) is 55.8 Å². The summed E-state index contributed by atoms with van der Waals surface area (Å²) in [4.78, 5) is 15.7. The minimum atomic E-state index is -0.542. The van der Waals surface area contributed by atoms with Crippen molar-refractivity contribution in [3.8, 4) is 0 Å². The average Bonchev–Trinajstić information content (AvgIpc) is 3.26. The molecule has 0 aromatic heterocycles. The summed E-state index contributed by atoms with van der Waals surface area (Å²) in [5.41, 5.74) is 2.04. The van der Waals surface area contributed by atoms with E-state index < -0.39 is 6.10 Å². The van der Waals surface area contributed by atoms with Crippen molar-refractivity contribution in [1.82, 2.24) is 10.2 Å².